The van der Waals surface area contributed by atoms with Crippen molar-refractivity contribution in [2.24, 2.45) is 0 Å². The third-order valence-electron chi connectivity index (χ3n) is 4.41. The predicted molar refractivity (Wildman–Crippen MR) is 105 cm³/mol. The maximum absolute atomic E-state index is 12.8. The standard InChI is InChI=1S/C19H21BrN2O2.ClH/c1-22(12-15-9-16(20)7-8-18(15)24-2)19(23)17-10-13-5-3-4-6-14(13)11-21-17;/h3-9,17,21H,10-12H2,1-2H3;1H. The third kappa shape index (κ3) is 4.54. The summed E-state index contributed by atoms with van der Waals surface area (Å²) >= 11 is 3.48. The highest BCUT2D eigenvalue weighted by Gasteiger charge is 2.26. The van der Waals surface area contributed by atoms with Crippen molar-refractivity contribution < 1.29 is 9.53 Å². The van der Waals surface area contributed by atoms with Crippen molar-refractivity contribution in [1.82, 2.24) is 10.2 Å². The van der Waals surface area contributed by atoms with Gasteiger partial charge in [-0.3, -0.25) is 4.79 Å². The number of fused-ring (bicyclic) bond motifs is 1. The smallest absolute Gasteiger partial charge is 0.240 e. The van der Waals surface area contributed by atoms with Crippen LogP contribution >= 0.6 is 28.3 Å². The first kappa shape index (κ1) is 19.8. The zero-order valence-corrected chi connectivity index (χ0v) is 16.7. The van der Waals surface area contributed by atoms with E-state index >= 15 is 0 Å². The second-order valence-electron chi connectivity index (χ2n) is 6.06. The molecule has 1 aliphatic heterocycles. The van der Waals surface area contributed by atoms with Gasteiger partial charge in [-0.2, -0.15) is 0 Å². The average molecular weight is 426 g/mol. The fourth-order valence-electron chi connectivity index (χ4n) is 3.10. The molecule has 134 valence electrons. The number of benzene rings is 2. The van der Waals surface area contributed by atoms with Crippen LogP contribution in [0.25, 0.3) is 0 Å². The number of nitrogens with one attached hydrogen (secondary N) is 1. The summed E-state index contributed by atoms with van der Waals surface area (Å²) in [5, 5.41) is 3.35. The minimum atomic E-state index is -0.178. The number of hydrogen-bond donors (Lipinski definition) is 1. The molecule has 2 aromatic carbocycles. The number of hydrogen-bond acceptors (Lipinski definition) is 3. The number of rotatable bonds is 4. The van der Waals surface area contributed by atoms with Crippen molar-refractivity contribution in [2.75, 3.05) is 14.2 Å². The Bertz CT molecular complexity index is 754. The highest BCUT2D eigenvalue weighted by Crippen LogP contribution is 2.25. The zero-order chi connectivity index (χ0) is 17.1. The Balaban J connectivity index is 0.00000225. The maximum atomic E-state index is 12.8. The van der Waals surface area contributed by atoms with Gasteiger partial charge in [0.05, 0.1) is 13.2 Å². The average Bonchev–Trinajstić information content (AvgIpc) is 2.61. The summed E-state index contributed by atoms with van der Waals surface area (Å²) in [6.07, 6.45) is 0.731. The Hall–Kier alpha value is -1.56. The van der Waals surface area contributed by atoms with Gasteiger partial charge in [-0.1, -0.05) is 40.2 Å². The number of halogens is 2. The third-order valence-corrected chi connectivity index (χ3v) is 4.90. The molecule has 3 rings (SSSR count). The van der Waals surface area contributed by atoms with Crippen LogP contribution in [0.2, 0.25) is 0 Å². The van der Waals surface area contributed by atoms with E-state index in [0.29, 0.717) is 6.54 Å². The Kier molecular flexibility index (Phi) is 6.87. The Labute approximate surface area is 163 Å². The molecule has 0 radical (unpaired) electrons. The molecule has 4 nitrogen and oxygen atoms in total. The molecule has 2 aromatic rings. The van der Waals surface area contributed by atoms with Crippen molar-refractivity contribution in [3.8, 4) is 5.75 Å². The van der Waals surface area contributed by atoms with Gasteiger partial charge < -0.3 is 15.0 Å². The van der Waals surface area contributed by atoms with Crippen molar-refractivity contribution >= 4 is 34.2 Å². The summed E-state index contributed by atoms with van der Waals surface area (Å²) < 4.78 is 6.37. The van der Waals surface area contributed by atoms with Gasteiger partial charge in [0.2, 0.25) is 5.91 Å². The molecule has 1 aliphatic rings. The quantitative estimate of drug-likeness (QED) is 0.814. The van der Waals surface area contributed by atoms with Crippen LogP contribution in [-0.4, -0.2) is 31.0 Å². The number of likely N-dealkylation sites (N-methyl/N-ethyl adjacent to an activating group) is 1. The minimum absolute atomic E-state index is 0. The fraction of sp³-hybridized carbons (Fsp3) is 0.316. The van der Waals surface area contributed by atoms with E-state index in [9.17, 15) is 4.79 Å². The van der Waals surface area contributed by atoms with Crippen molar-refractivity contribution in [2.45, 2.75) is 25.6 Å². The zero-order valence-electron chi connectivity index (χ0n) is 14.3. The van der Waals surface area contributed by atoms with Crippen molar-refractivity contribution in [1.29, 1.82) is 0 Å². The molecule has 6 heteroatoms. The van der Waals surface area contributed by atoms with E-state index in [1.165, 1.54) is 11.1 Å². The monoisotopic (exact) mass is 424 g/mol. The van der Waals surface area contributed by atoms with Crippen LogP contribution in [-0.2, 0) is 24.3 Å². The van der Waals surface area contributed by atoms with Crippen LogP contribution in [0.4, 0.5) is 0 Å². The van der Waals surface area contributed by atoms with Gasteiger partial charge in [0.25, 0.3) is 0 Å². The summed E-state index contributed by atoms with van der Waals surface area (Å²) in [6.45, 7) is 1.25. The molecule has 0 saturated carbocycles. The summed E-state index contributed by atoms with van der Waals surface area (Å²) in [7, 11) is 3.49. The second-order valence-corrected chi connectivity index (χ2v) is 6.97. The Morgan fingerprint density at radius 2 is 2.00 bits per heavy atom. The lowest BCUT2D eigenvalue weighted by Gasteiger charge is -2.29. The van der Waals surface area contributed by atoms with Crippen LogP contribution in [0.3, 0.4) is 0 Å². The van der Waals surface area contributed by atoms with Crippen molar-refractivity contribution in [3.63, 3.8) is 0 Å². The second kappa shape index (κ2) is 8.70. The fourth-order valence-corrected chi connectivity index (χ4v) is 3.51. The van der Waals surface area contributed by atoms with E-state index < -0.39 is 0 Å². The van der Waals surface area contributed by atoms with Crippen LogP contribution in [0.1, 0.15) is 16.7 Å². The molecule has 0 saturated heterocycles. The summed E-state index contributed by atoms with van der Waals surface area (Å²) in [4.78, 5) is 14.6. The number of nitrogens with zero attached hydrogens (tertiary/aromatic N) is 1. The number of ether oxygens (including phenoxy) is 1. The van der Waals surface area contributed by atoms with Crippen LogP contribution in [0.15, 0.2) is 46.9 Å². The van der Waals surface area contributed by atoms with Gasteiger partial charge in [0.1, 0.15) is 5.75 Å². The Morgan fingerprint density at radius 1 is 1.28 bits per heavy atom. The van der Waals surface area contributed by atoms with Gasteiger partial charge in [0.15, 0.2) is 0 Å². The number of methoxy groups -OCH3 is 1. The normalized spacial score (nSPS) is 15.7. The number of carbonyl (C=O) groups is 1. The lowest BCUT2D eigenvalue weighted by molar-refractivity contribution is -0.132. The maximum Gasteiger partial charge on any atom is 0.240 e. The molecule has 0 aliphatic carbocycles. The SMILES string of the molecule is COc1ccc(Br)cc1CN(C)C(=O)C1Cc2ccccc2CN1.Cl. The van der Waals surface area contributed by atoms with Gasteiger partial charge in [-0.05, 0) is 35.7 Å². The van der Waals surface area contributed by atoms with E-state index in [1.807, 2.05) is 37.4 Å². The molecule has 0 aromatic heterocycles. The minimum Gasteiger partial charge on any atom is -0.496 e. The first-order chi connectivity index (χ1) is 11.6. The van der Waals surface area contributed by atoms with E-state index in [2.05, 4.69) is 33.4 Å². The van der Waals surface area contributed by atoms with E-state index in [4.69, 9.17) is 4.74 Å². The summed E-state index contributed by atoms with van der Waals surface area (Å²) in [6, 6.07) is 13.9. The van der Waals surface area contributed by atoms with Gasteiger partial charge in [0, 0.05) is 30.2 Å². The molecular formula is C19H22BrClN2O2. The molecule has 1 unspecified atom stereocenters. The molecule has 1 atom stereocenters. The lowest BCUT2D eigenvalue weighted by Crippen LogP contribution is -2.48. The molecular weight excluding hydrogens is 404 g/mol. The summed E-state index contributed by atoms with van der Waals surface area (Å²) in [5.41, 5.74) is 3.51. The highest BCUT2D eigenvalue weighted by atomic mass is 79.9. The summed E-state index contributed by atoms with van der Waals surface area (Å²) in [5.74, 6) is 0.895. The first-order valence-corrected chi connectivity index (χ1v) is 8.75. The topological polar surface area (TPSA) is 41.6 Å². The van der Waals surface area contributed by atoms with Crippen molar-refractivity contribution in [3.05, 3.63) is 63.6 Å². The molecule has 0 spiro atoms. The van der Waals surface area contributed by atoms with Gasteiger partial charge in [-0.15, -0.1) is 12.4 Å². The lowest BCUT2D eigenvalue weighted by atomic mass is 9.95. The predicted octanol–water partition coefficient (Wildman–Crippen LogP) is 3.55. The first-order valence-electron chi connectivity index (χ1n) is 7.96. The molecule has 1 N–H and O–H groups in total. The largest absolute Gasteiger partial charge is 0.496 e. The Morgan fingerprint density at radius 3 is 2.72 bits per heavy atom. The number of amides is 1. The molecule has 0 bridgehead atoms. The molecule has 0 fully saturated rings. The van der Waals surface area contributed by atoms with Crippen LogP contribution < -0.4 is 10.1 Å². The van der Waals surface area contributed by atoms with Crippen LogP contribution in [0.5, 0.6) is 5.75 Å². The van der Waals surface area contributed by atoms with E-state index in [-0.39, 0.29) is 24.4 Å². The highest BCUT2D eigenvalue weighted by molar-refractivity contribution is 9.10. The van der Waals surface area contributed by atoms with E-state index in [1.54, 1.807) is 12.0 Å². The van der Waals surface area contributed by atoms with E-state index in [0.717, 1.165) is 28.8 Å². The van der Waals surface area contributed by atoms with Gasteiger partial charge >= 0.3 is 0 Å². The van der Waals surface area contributed by atoms with Gasteiger partial charge in [-0.25, -0.2) is 0 Å². The number of carbonyl (C=O) groups excluding carboxylic acids is 1. The molecule has 25 heavy (non-hydrogen) atoms. The molecule has 1 heterocycles. The van der Waals surface area contributed by atoms with Crippen LogP contribution in [0, 0.1) is 0 Å². The molecule has 1 amide bonds.